The van der Waals surface area contributed by atoms with E-state index in [1.165, 1.54) is 18.4 Å². The standard InChI is InChI=1S/C15H25N3O/c1-17(2)15-7-6-13(11-16-15)12-18(3)9-8-14-5-4-10-19-14/h6-7,11,14H,4-5,8-10,12H2,1-3H3/t14-/m0/s1. The minimum absolute atomic E-state index is 0.483. The van der Waals surface area contributed by atoms with Gasteiger partial charge < -0.3 is 14.5 Å². The Morgan fingerprint density at radius 3 is 2.74 bits per heavy atom. The van der Waals surface area contributed by atoms with Crippen molar-refractivity contribution in [2.24, 2.45) is 0 Å². The summed E-state index contributed by atoms with van der Waals surface area (Å²) in [4.78, 5) is 8.80. The van der Waals surface area contributed by atoms with E-state index in [4.69, 9.17) is 4.74 Å². The molecule has 1 aromatic rings. The van der Waals surface area contributed by atoms with Crippen molar-refractivity contribution in [3.8, 4) is 0 Å². The van der Waals surface area contributed by atoms with Gasteiger partial charge in [0.05, 0.1) is 6.10 Å². The van der Waals surface area contributed by atoms with Crippen LogP contribution in [0, 0.1) is 0 Å². The zero-order valence-electron chi connectivity index (χ0n) is 12.3. The molecule has 1 aliphatic heterocycles. The van der Waals surface area contributed by atoms with Gasteiger partial charge in [-0.3, -0.25) is 0 Å². The molecule has 0 bridgehead atoms. The van der Waals surface area contributed by atoms with Crippen molar-refractivity contribution in [2.45, 2.75) is 31.9 Å². The first-order valence-electron chi connectivity index (χ1n) is 7.07. The van der Waals surface area contributed by atoms with E-state index in [2.05, 4.69) is 29.1 Å². The fourth-order valence-corrected chi connectivity index (χ4v) is 2.40. The van der Waals surface area contributed by atoms with Crippen molar-refractivity contribution >= 4 is 5.82 Å². The zero-order chi connectivity index (χ0) is 13.7. The Labute approximate surface area is 116 Å². The molecule has 0 aliphatic carbocycles. The Morgan fingerprint density at radius 1 is 1.32 bits per heavy atom. The van der Waals surface area contributed by atoms with E-state index in [1.807, 2.05) is 25.2 Å². The van der Waals surface area contributed by atoms with E-state index in [0.717, 1.165) is 31.9 Å². The van der Waals surface area contributed by atoms with Gasteiger partial charge in [0, 0.05) is 40.0 Å². The van der Waals surface area contributed by atoms with Gasteiger partial charge in [-0.1, -0.05) is 6.07 Å². The summed E-state index contributed by atoms with van der Waals surface area (Å²) < 4.78 is 5.65. The van der Waals surface area contributed by atoms with Gasteiger partial charge in [0.2, 0.25) is 0 Å². The zero-order valence-corrected chi connectivity index (χ0v) is 12.3. The molecule has 4 heteroatoms. The van der Waals surface area contributed by atoms with Gasteiger partial charge in [0.25, 0.3) is 0 Å². The highest BCUT2D eigenvalue weighted by Crippen LogP contribution is 2.16. The van der Waals surface area contributed by atoms with Gasteiger partial charge in [0.15, 0.2) is 0 Å². The van der Waals surface area contributed by atoms with Crippen LogP contribution in [0.2, 0.25) is 0 Å². The smallest absolute Gasteiger partial charge is 0.127 e. The first kappa shape index (κ1) is 14.3. The number of hydrogen-bond donors (Lipinski definition) is 0. The molecule has 1 aliphatic rings. The summed E-state index contributed by atoms with van der Waals surface area (Å²) in [5, 5.41) is 0. The number of aromatic nitrogens is 1. The Kier molecular flexibility index (Phi) is 5.16. The van der Waals surface area contributed by atoms with Crippen molar-refractivity contribution in [1.82, 2.24) is 9.88 Å². The van der Waals surface area contributed by atoms with Gasteiger partial charge >= 0.3 is 0 Å². The van der Waals surface area contributed by atoms with Gasteiger partial charge in [0.1, 0.15) is 5.82 Å². The number of nitrogens with zero attached hydrogens (tertiary/aromatic N) is 3. The molecule has 0 spiro atoms. The van der Waals surface area contributed by atoms with Crippen LogP contribution in [0.15, 0.2) is 18.3 Å². The average Bonchev–Trinajstić information content (AvgIpc) is 2.90. The first-order valence-corrected chi connectivity index (χ1v) is 7.07. The summed E-state index contributed by atoms with van der Waals surface area (Å²) >= 11 is 0. The van der Waals surface area contributed by atoms with Crippen LogP contribution in [-0.4, -0.2) is 50.3 Å². The summed E-state index contributed by atoms with van der Waals surface area (Å²) in [6, 6.07) is 4.23. The van der Waals surface area contributed by atoms with Gasteiger partial charge in [-0.05, 0) is 37.9 Å². The number of ether oxygens (including phenoxy) is 1. The average molecular weight is 263 g/mol. The van der Waals surface area contributed by atoms with Crippen LogP contribution in [0.1, 0.15) is 24.8 Å². The number of pyridine rings is 1. The molecule has 19 heavy (non-hydrogen) atoms. The molecule has 0 saturated carbocycles. The predicted molar refractivity (Wildman–Crippen MR) is 78.5 cm³/mol. The van der Waals surface area contributed by atoms with Gasteiger partial charge in [-0.15, -0.1) is 0 Å². The Morgan fingerprint density at radius 2 is 2.16 bits per heavy atom. The van der Waals surface area contributed by atoms with E-state index in [9.17, 15) is 0 Å². The summed E-state index contributed by atoms with van der Waals surface area (Å²) in [6.45, 7) is 2.98. The largest absolute Gasteiger partial charge is 0.378 e. The second-order valence-electron chi connectivity index (χ2n) is 5.58. The fourth-order valence-electron chi connectivity index (χ4n) is 2.40. The highest BCUT2D eigenvalue weighted by atomic mass is 16.5. The second kappa shape index (κ2) is 6.87. The van der Waals surface area contributed by atoms with E-state index < -0.39 is 0 Å². The van der Waals surface area contributed by atoms with Crippen LogP contribution >= 0.6 is 0 Å². The minimum Gasteiger partial charge on any atom is -0.378 e. The third kappa shape index (κ3) is 4.48. The molecule has 0 N–H and O–H groups in total. The number of anilines is 1. The molecule has 1 fully saturated rings. The highest BCUT2D eigenvalue weighted by molar-refractivity contribution is 5.37. The lowest BCUT2D eigenvalue weighted by atomic mass is 10.1. The molecular formula is C15H25N3O. The molecule has 2 heterocycles. The van der Waals surface area contributed by atoms with Crippen LogP contribution in [0.4, 0.5) is 5.82 Å². The van der Waals surface area contributed by atoms with Crippen LogP contribution < -0.4 is 4.90 Å². The summed E-state index contributed by atoms with van der Waals surface area (Å²) in [5.41, 5.74) is 1.26. The third-order valence-corrected chi connectivity index (χ3v) is 3.58. The van der Waals surface area contributed by atoms with Gasteiger partial charge in [-0.25, -0.2) is 4.98 Å². The Balaban J connectivity index is 1.76. The topological polar surface area (TPSA) is 28.6 Å². The fraction of sp³-hybridized carbons (Fsp3) is 0.667. The van der Waals surface area contributed by atoms with Gasteiger partial charge in [-0.2, -0.15) is 0 Å². The lowest BCUT2D eigenvalue weighted by Crippen LogP contribution is -2.23. The molecule has 2 rings (SSSR count). The summed E-state index contributed by atoms with van der Waals surface area (Å²) in [6.07, 6.45) is 6.05. The molecule has 0 radical (unpaired) electrons. The lowest BCUT2D eigenvalue weighted by molar-refractivity contribution is 0.0943. The molecule has 1 aromatic heterocycles. The first-order chi connectivity index (χ1) is 9.15. The number of hydrogen-bond acceptors (Lipinski definition) is 4. The quantitative estimate of drug-likeness (QED) is 0.786. The maximum Gasteiger partial charge on any atom is 0.127 e. The molecular weight excluding hydrogens is 238 g/mol. The van der Waals surface area contributed by atoms with Crippen LogP contribution in [0.25, 0.3) is 0 Å². The van der Waals surface area contributed by atoms with Crippen LogP contribution in [0.5, 0.6) is 0 Å². The van der Waals surface area contributed by atoms with E-state index >= 15 is 0 Å². The molecule has 1 saturated heterocycles. The van der Waals surface area contributed by atoms with E-state index in [1.54, 1.807) is 0 Å². The SMILES string of the molecule is CN(CC[C@@H]1CCCO1)Cc1ccc(N(C)C)nc1. The van der Waals surface area contributed by atoms with Crippen LogP contribution in [0.3, 0.4) is 0 Å². The Hall–Kier alpha value is -1.13. The molecule has 1 atom stereocenters. The third-order valence-electron chi connectivity index (χ3n) is 3.58. The Bertz CT molecular complexity index is 371. The molecule has 106 valence electrons. The lowest BCUT2D eigenvalue weighted by Gasteiger charge is -2.19. The maximum absolute atomic E-state index is 5.65. The molecule has 0 unspecified atom stereocenters. The monoisotopic (exact) mass is 263 g/mol. The second-order valence-corrected chi connectivity index (χ2v) is 5.58. The number of rotatable bonds is 6. The summed E-state index contributed by atoms with van der Waals surface area (Å²) in [5.74, 6) is 1.01. The highest BCUT2D eigenvalue weighted by Gasteiger charge is 2.15. The molecule has 4 nitrogen and oxygen atoms in total. The van der Waals surface area contributed by atoms with Crippen molar-refractivity contribution in [3.63, 3.8) is 0 Å². The van der Waals surface area contributed by atoms with Crippen molar-refractivity contribution < 1.29 is 4.74 Å². The molecule has 0 aromatic carbocycles. The van der Waals surface area contributed by atoms with Crippen molar-refractivity contribution in [3.05, 3.63) is 23.9 Å². The van der Waals surface area contributed by atoms with Crippen molar-refractivity contribution in [1.29, 1.82) is 0 Å². The predicted octanol–water partition coefficient (Wildman–Crippen LogP) is 2.15. The van der Waals surface area contributed by atoms with E-state index in [-0.39, 0.29) is 0 Å². The van der Waals surface area contributed by atoms with E-state index in [0.29, 0.717) is 6.10 Å². The molecule has 0 amide bonds. The maximum atomic E-state index is 5.65. The normalized spacial score (nSPS) is 19.1. The van der Waals surface area contributed by atoms with Crippen molar-refractivity contribution in [2.75, 3.05) is 39.2 Å². The minimum atomic E-state index is 0.483. The summed E-state index contributed by atoms with van der Waals surface area (Å²) in [7, 11) is 6.18. The van der Waals surface area contributed by atoms with Crippen LogP contribution in [-0.2, 0) is 11.3 Å².